The van der Waals surface area contributed by atoms with Crippen molar-refractivity contribution in [2.45, 2.75) is 13.0 Å². The van der Waals surface area contributed by atoms with Gasteiger partial charge in [0.15, 0.2) is 11.9 Å². The highest BCUT2D eigenvalue weighted by Crippen LogP contribution is 2.18. The van der Waals surface area contributed by atoms with Crippen molar-refractivity contribution in [1.29, 1.82) is 0 Å². The van der Waals surface area contributed by atoms with E-state index in [1.165, 1.54) is 26.1 Å². The zero-order chi connectivity index (χ0) is 20.0. The lowest BCUT2D eigenvalue weighted by Crippen LogP contribution is -2.43. The average molecular weight is 389 g/mol. The third-order valence-corrected chi connectivity index (χ3v) is 3.87. The molecule has 0 fully saturated rings. The Balaban J connectivity index is 2.20. The van der Waals surface area contributed by atoms with Gasteiger partial charge in [0, 0.05) is 23.2 Å². The first kappa shape index (κ1) is 20.1. The molecule has 0 aliphatic rings. The third-order valence-electron chi connectivity index (χ3n) is 3.61. The summed E-state index contributed by atoms with van der Waals surface area (Å²) in [6.07, 6.45) is -1.23. The highest BCUT2D eigenvalue weighted by atomic mass is 35.5. The van der Waals surface area contributed by atoms with Gasteiger partial charge in [-0.25, -0.2) is 9.59 Å². The predicted molar refractivity (Wildman–Crippen MR) is 98.8 cm³/mol. The first-order valence-corrected chi connectivity index (χ1v) is 8.34. The number of hydrogen-bond acceptors (Lipinski definition) is 5. The summed E-state index contributed by atoms with van der Waals surface area (Å²) in [4.78, 5) is 48.1. The molecule has 140 valence electrons. The van der Waals surface area contributed by atoms with E-state index in [2.05, 4.69) is 5.32 Å². The second-order valence-electron chi connectivity index (χ2n) is 5.50. The number of ether oxygens (including phenoxy) is 1. The van der Waals surface area contributed by atoms with E-state index in [0.717, 1.165) is 0 Å². The molecule has 0 aromatic heterocycles. The summed E-state index contributed by atoms with van der Waals surface area (Å²) < 4.78 is 5.09. The molecule has 0 saturated carbocycles. The Morgan fingerprint density at radius 1 is 0.963 bits per heavy atom. The molecule has 0 aliphatic heterocycles. The van der Waals surface area contributed by atoms with Gasteiger partial charge in [-0.3, -0.25) is 14.9 Å². The number of esters is 1. The standard InChI is InChI=1S/C19H17ClN2O5/c1-11(17(24)22-19(26)21-2)27-18(25)15-6-4-3-5-14(15)16(23)12-7-9-13(20)10-8-12/h3-11H,1-2H3,(H2,21,22,24,26)/t11-/m1/s1. The SMILES string of the molecule is CNC(=O)NC(=O)[C@@H](C)OC(=O)c1ccccc1C(=O)c1ccc(Cl)cc1. The molecule has 0 bridgehead atoms. The Kier molecular flexibility index (Phi) is 6.67. The fourth-order valence-electron chi connectivity index (χ4n) is 2.17. The summed E-state index contributed by atoms with van der Waals surface area (Å²) in [6, 6.07) is 11.6. The van der Waals surface area contributed by atoms with E-state index in [4.69, 9.17) is 16.3 Å². The number of halogens is 1. The van der Waals surface area contributed by atoms with E-state index in [1.807, 2.05) is 5.32 Å². The first-order chi connectivity index (χ1) is 12.8. The molecule has 8 heteroatoms. The van der Waals surface area contributed by atoms with Crippen LogP contribution in [0, 0.1) is 0 Å². The van der Waals surface area contributed by atoms with Gasteiger partial charge in [-0.2, -0.15) is 0 Å². The molecule has 0 spiro atoms. The lowest BCUT2D eigenvalue weighted by atomic mass is 9.98. The van der Waals surface area contributed by atoms with E-state index < -0.39 is 24.0 Å². The molecule has 2 N–H and O–H groups in total. The van der Waals surface area contributed by atoms with Crippen LogP contribution in [0.15, 0.2) is 48.5 Å². The van der Waals surface area contributed by atoms with E-state index >= 15 is 0 Å². The summed E-state index contributed by atoms with van der Waals surface area (Å²) >= 11 is 5.83. The predicted octanol–water partition coefficient (Wildman–Crippen LogP) is 2.57. The van der Waals surface area contributed by atoms with E-state index in [-0.39, 0.29) is 16.9 Å². The lowest BCUT2D eigenvalue weighted by molar-refractivity contribution is -0.127. The molecule has 0 saturated heterocycles. The summed E-state index contributed by atoms with van der Waals surface area (Å²) in [6.45, 7) is 1.32. The zero-order valence-electron chi connectivity index (χ0n) is 14.6. The number of amides is 3. The molecule has 2 aromatic carbocycles. The molecule has 3 amide bonds. The smallest absolute Gasteiger partial charge is 0.339 e. The topological polar surface area (TPSA) is 102 Å². The number of carbonyl (C=O) groups is 4. The lowest BCUT2D eigenvalue weighted by Gasteiger charge is -2.14. The van der Waals surface area contributed by atoms with Gasteiger partial charge in [0.25, 0.3) is 5.91 Å². The monoisotopic (exact) mass is 388 g/mol. The molecular formula is C19H17ClN2O5. The number of urea groups is 1. The van der Waals surface area contributed by atoms with Gasteiger partial charge in [0.05, 0.1) is 5.56 Å². The van der Waals surface area contributed by atoms with Crippen LogP contribution in [0.25, 0.3) is 0 Å². The Morgan fingerprint density at radius 3 is 2.15 bits per heavy atom. The summed E-state index contributed by atoms with van der Waals surface area (Å²) in [5.74, 6) is -2.03. The fourth-order valence-corrected chi connectivity index (χ4v) is 2.30. The van der Waals surface area contributed by atoms with E-state index in [1.54, 1.807) is 36.4 Å². The van der Waals surface area contributed by atoms with Crippen molar-refractivity contribution in [3.05, 3.63) is 70.2 Å². The summed E-state index contributed by atoms with van der Waals surface area (Å²) in [5, 5.41) is 4.71. The number of hydrogen-bond donors (Lipinski definition) is 2. The first-order valence-electron chi connectivity index (χ1n) is 7.96. The minimum absolute atomic E-state index is 0.0112. The Labute approximate surface area is 160 Å². The quantitative estimate of drug-likeness (QED) is 0.605. The Morgan fingerprint density at radius 2 is 1.56 bits per heavy atom. The highest BCUT2D eigenvalue weighted by molar-refractivity contribution is 6.30. The maximum absolute atomic E-state index is 12.7. The van der Waals surface area contributed by atoms with Gasteiger partial charge < -0.3 is 10.1 Å². The number of ketones is 1. The van der Waals surface area contributed by atoms with Crippen molar-refractivity contribution >= 4 is 35.3 Å². The van der Waals surface area contributed by atoms with Crippen LogP contribution >= 0.6 is 11.6 Å². The molecule has 1 atom stereocenters. The molecular weight excluding hydrogens is 372 g/mol. The maximum Gasteiger partial charge on any atom is 0.339 e. The van der Waals surface area contributed by atoms with Crippen LogP contribution < -0.4 is 10.6 Å². The van der Waals surface area contributed by atoms with Gasteiger partial charge >= 0.3 is 12.0 Å². The number of nitrogens with one attached hydrogen (secondary N) is 2. The van der Waals surface area contributed by atoms with Crippen molar-refractivity contribution in [1.82, 2.24) is 10.6 Å². The van der Waals surface area contributed by atoms with Crippen LogP contribution in [0.1, 0.15) is 33.2 Å². The van der Waals surface area contributed by atoms with Crippen molar-refractivity contribution in [3.8, 4) is 0 Å². The normalized spacial score (nSPS) is 11.2. The molecule has 0 aliphatic carbocycles. The zero-order valence-corrected chi connectivity index (χ0v) is 15.4. The molecule has 2 rings (SSSR count). The highest BCUT2D eigenvalue weighted by Gasteiger charge is 2.24. The van der Waals surface area contributed by atoms with Gasteiger partial charge in [-0.15, -0.1) is 0 Å². The molecule has 7 nitrogen and oxygen atoms in total. The molecule has 2 aromatic rings. The van der Waals surface area contributed by atoms with Crippen molar-refractivity contribution in [3.63, 3.8) is 0 Å². The van der Waals surface area contributed by atoms with Crippen molar-refractivity contribution in [2.24, 2.45) is 0 Å². The fraction of sp³-hybridized carbons (Fsp3) is 0.158. The summed E-state index contributed by atoms with van der Waals surface area (Å²) in [7, 11) is 1.35. The van der Waals surface area contributed by atoms with Crippen LogP contribution in [0.4, 0.5) is 4.79 Å². The third kappa shape index (κ3) is 5.15. The molecule has 0 heterocycles. The maximum atomic E-state index is 12.7. The van der Waals surface area contributed by atoms with Gasteiger partial charge in [-0.05, 0) is 37.3 Å². The van der Waals surface area contributed by atoms with Crippen LogP contribution in [-0.4, -0.2) is 36.8 Å². The van der Waals surface area contributed by atoms with Crippen molar-refractivity contribution in [2.75, 3.05) is 7.05 Å². The number of imide groups is 1. The van der Waals surface area contributed by atoms with Crippen LogP contribution in [0.2, 0.25) is 5.02 Å². The number of rotatable bonds is 5. The number of benzene rings is 2. The largest absolute Gasteiger partial charge is 0.449 e. The Bertz CT molecular complexity index is 880. The summed E-state index contributed by atoms with van der Waals surface area (Å²) in [5.41, 5.74) is 0.492. The Hall–Kier alpha value is -3.19. The molecule has 27 heavy (non-hydrogen) atoms. The van der Waals surface area contributed by atoms with E-state index in [0.29, 0.717) is 10.6 Å². The van der Waals surface area contributed by atoms with Gasteiger partial charge in [0.1, 0.15) is 0 Å². The molecule has 0 radical (unpaired) electrons. The second kappa shape index (κ2) is 8.95. The molecule has 0 unspecified atom stereocenters. The van der Waals surface area contributed by atoms with Gasteiger partial charge in [0.2, 0.25) is 0 Å². The van der Waals surface area contributed by atoms with E-state index in [9.17, 15) is 19.2 Å². The average Bonchev–Trinajstić information content (AvgIpc) is 2.67. The number of carbonyl (C=O) groups excluding carboxylic acids is 4. The van der Waals surface area contributed by atoms with Gasteiger partial charge in [-0.1, -0.05) is 29.8 Å². The minimum atomic E-state index is -1.23. The van der Waals surface area contributed by atoms with Crippen LogP contribution in [-0.2, 0) is 9.53 Å². The van der Waals surface area contributed by atoms with Crippen molar-refractivity contribution < 1.29 is 23.9 Å². The van der Waals surface area contributed by atoms with Crippen LogP contribution in [0.3, 0.4) is 0 Å². The van der Waals surface area contributed by atoms with Crippen LogP contribution in [0.5, 0.6) is 0 Å². The second-order valence-corrected chi connectivity index (χ2v) is 5.93. The minimum Gasteiger partial charge on any atom is -0.449 e.